The van der Waals surface area contributed by atoms with Crippen LogP contribution in [-0.2, 0) is 27.2 Å². The van der Waals surface area contributed by atoms with Crippen LogP contribution >= 0.6 is 0 Å². The number of benzene rings is 4. The van der Waals surface area contributed by atoms with Crippen molar-refractivity contribution in [3.63, 3.8) is 0 Å². The van der Waals surface area contributed by atoms with Crippen molar-refractivity contribution < 1.29 is 39.0 Å². The number of hydrogen-bond acceptors (Lipinski definition) is 5. The Hall–Kier alpha value is -5.34. The van der Waals surface area contributed by atoms with Gasteiger partial charge in [-0.2, -0.15) is 30.4 Å². The van der Waals surface area contributed by atoms with E-state index in [9.17, 15) is 13.2 Å². The number of aryl methyl sites for hydroxylation is 1. The second kappa shape index (κ2) is 12.4. The molecule has 48 heavy (non-hydrogen) atoms. The Bertz CT molecular complexity index is 2350. The van der Waals surface area contributed by atoms with Crippen LogP contribution in [0.2, 0.25) is 0 Å². The maximum Gasteiger partial charge on any atom is 2.00 e. The van der Waals surface area contributed by atoms with E-state index in [1.165, 1.54) is 18.6 Å². The van der Waals surface area contributed by atoms with Gasteiger partial charge in [0.15, 0.2) is 5.69 Å². The fourth-order valence-electron chi connectivity index (χ4n) is 5.93. The number of ether oxygens (including phenoxy) is 1. The maximum atomic E-state index is 14.9. The first-order valence-electron chi connectivity index (χ1n) is 14.7. The average Bonchev–Trinajstić information content (AvgIpc) is 3.82. The maximum absolute atomic E-state index is 14.9. The minimum atomic E-state index is -4.75. The SMILES string of the molecule is Cc1ccnc(-n2c3[c-]c(Oc4[c-]c(-n5nc(C6C=NC=N6)c(-c6ccccc6)c5C(F)(F)F)ccc4)ccc3c3ccccc32)c1.[Pt+2]. The fraction of sp³-hybridized carbons (Fsp3) is 0.0811. The van der Waals surface area contributed by atoms with Crippen LogP contribution < -0.4 is 4.74 Å². The van der Waals surface area contributed by atoms with Crippen LogP contribution in [0, 0.1) is 19.1 Å². The molecule has 8 rings (SSSR count). The molecule has 0 aliphatic carbocycles. The van der Waals surface area contributed by atoms with Gasteiger partial charge in [0.25, 0.3) is 0 Å². The first-order chi connectivity index (χ1) is 22.8. The normalized spacial score (nSPS) is 14.1. The summed E-state index contributed by atoms with van der Waals surface area (Å²) < 4.78 is 53.7. The van der Waals surface area contributed by atoms with Gasteiger partial charge in [0.1, 0.15) is 23.9 Å². The molecule has 1 atom stereocenters. The summed E-state index contributed by atoms with van der Waals surface area (Å²) in [5.41, 5.74) is 2.32. The third-order valence-corrected chi connectivity index (χ3v) is 7.93. The van der Waals surface area contributed by atoms with Crippen LogP contribution in [0.4, 0.5) is 13.2 Å². The number of rotatable bonds is 6. The number of para-hydroxylation sites is 1. The van der Waals surface area contributed by atoms with Gasteiger partial charge in [0.2, 0.25) is 0 Å². The molecule has 0 saturated heterocycles. The second-order valence-electron chi connectivity index (χ2n) is 11.0. The number of aromatic nitrogens is 4. The Labute approximate surface area is 287 Å². The van der Waals surface area contributed by atoms with E-state index in [2.05, 4.69) is 32.2 Å². The number of alkyl halides is 3. The summed E-state index contributed by atoms with van der Waals surface area (Å²) in [4.78, 5) is 12.8. The van der Waals surface area contributed by atoms with Crippen molar-refractivity contribution in [1.29, 1.82) is 0 Å². The largest absolute Gasteiger partial charge is 2.00 e. The zero-order chi connectivity index (χ0) is 32.1. The molecule has 0 N–H and O–H groups in total. The van der Waals surface area contributed by atoms with E-state index in [0.717, 1.165) is 37.9 Å². The topological polar surface area (TPSA) is 69.6 Å². The van der Waals surface area contributed by atoms with Crippen LogP contribution in [0.1, 0.15) is 23.0 Å². The predicted octanol–water partition coefficient (Wildman–Crippen LogP) is 8.90. The Kier molecular flexibility index (Phi) is 8.05. The van der Waals surface area contributed by atoms with Gasteiger partial charge in [0, 0.05) is 35.0 Å². The fourth-order valence-corrected chi connectivity index (χ4v) is 5.93. The van der Waals surface area contributed by atoms with Gasteiger partial charge in [0.05, 0.1) is 0 Å². The summed E-state index contributed by atoms with van der Waals surface area (Å²) in [5.74, 6) is 1.29. The Morgan fingerprint density at radius 2 is 1.62 bits per heavy atom. The quantitative estimate of drug-likeness (QED) is 0.158. The van der Waals surface area contributed by atoms with Gasteiger partial charge in [-0.3, -0.25) is 9.67 Å². The van der Waals surface area contributed by atoms with Crippen molar-refractivity contribution >= 4 is 34.4 Å². The predicted molar refractivity (Wildman–Crippen MR) is 175 cm³/mol. The van der Waals surface area contributed by atoms with Crippen molar-refractivity contribution in [2.24, 2.45) is 9.98 Å². The average molecular weight is 820 g/mol. The van der Waals surface area contributed by atoms with Gasteiger partial charge in [-0.05, 0) is 47.3 Å². The molecule has 1 aliphatic rings. The molecule has 0 saturated carbocycles. The van der Waals surface area contributed by atoms with E-state index in [1.807, 2.05) is 54.0 Å². The molecular formula is C37H23F3N6OPt. The van der Waals surface area contributed by atoms with E-state index < -0.39 is 17.9 Å². The Morgan fingerprint density at radius 3 is 2.40 bits per heavy atom. The molecule has 4 aromatic carbocycles. The summed E-state index contributed by atoms with van der Waals surface area (Å²) in [6.45, 7) is 2.00. The van der Waals surface area contributed by atoms with E-state index in [0.29, 0.717) is 11.3 Å². The first kappa shape index (κ1) is 31.3. The van der Waals surface area contributed by atoms with Crippen molar-refractivity contribution in [2.45, 2.75) is 19.1 Å². The number of hydrogen-bond donors (Lipinski definition) is 0. The van der Waals surface area contributed by atoms with Gasteiger partial charge in [-0.1, -0.05) is 54.0 Å². The number of aliphatic imine (C=N–C) groups is 2. The van der Waals surface area contributed by atoms with Crippen molar-refractivity contribution in [2.75, 3.05) is 0 Å². The number of halogens is 3. The summed E-state index contributed by atoms with van der Waals surface area (Å²) >= 11 is 0. The molecule has 7 nitrogen and oxygen atoms in total. The van der Waals surface area contributed by atoms with Gasteiger partial charge < -0.3 is 9.30 Å². The molecule has 0 spiro atoms. The van der Waals surface area contributed by atoms with Crippen LogP contribution in [0.5, 0.6) is 11.5 Å². The molecule has 4 heterocycles. The van der Waals surface area contributed by atoms with Crippen LogP contribution in [0.3, 0.4) is 0 Å². The smallest absolute Gasteiger partial charge is 0.509 e. The summed E-state index contributed by atoms with van der Waals surface area (Å²) in [6, 6.07) is 34.4. The van der Waals surface area contributed by atoms with E-state index in [1.54, 1.807) is 54.7 Å². The van der Waals surface area contributed by atoms with Crippen molar-refractivity contribution in [1.82, 2.24) is 19.3 Å². The van der Waals surface area contributed by atoms with E-state index in [4.69, 9.17) is 4.74 Å². The first-order valence-corrected chi connectivity index (χ1v) is 14.7. The molecule has 1 aliphatic heterocycles. The molecule has 11 heteroatoms. The monoisotopic (exact) mass is 819 g/mol. The summed E-state index contributed by atoms with van der Waals surface area (Å²) in [6.07, 6.45) is -0.207. The van der Waals surface area contributed by atoms with E-state index in [-0.39, 0.29) is 43.8 Å². The zero-order valence-electron chi connectivity index (χ0n) is 25.1. The Balaban J connectivity index is 0.00000364. The molecule has 1 unspecified atom stereocenters. The second-order valence-corrected chi connectivity index (χ2v) is 11.0. The van der Waals surface area contributed by atoms with Crippen LogP contribution in [-0.4, -0.2) is 31.9 Å². The van der Waals surface area contributed by atoms with Crippen molar-refractivity contribution in [3.8, 4) is 34.1 Å². The summed E-state index contributed by atoms with van der Waals surface area (Å²) in [7, 11) is 0. The van der Waals surface area contributed by atoms with Gasteiger partial charge in [-0.25, -0.2) is 9.98 Å². The number of nitrogens with zero attached hydrogens (tertiary/aromatic N) is 6. The minimum absolute atomic E-state index is 0. The molecule has 0 radical (unpaired) electrons. The Morgan fingerprint density at radius 1 is 0.833 bits per heavy atom. The molecule has 238 valence electrons. The molecular weight excluding hydrogens is 797 g/mol. The van der Waals surface area contributed by atoms with Crippen molar-refractivity contribution in [3.05, 3.63) is 132 Å². The van der Waals surface area contributed by atoms with Gasteiger partial charge >= 0.3 is 27.2 Å². The van der Waals surface area contributed by atoms with Crippen LogP contribution in [0.25, 0.3) is 44.4 Å². The minimum Gasteiger partial charge on any atom is -0.509 e. The summed E-state index contributed by atoms with van der Waals surface area (Å²) in [5, 5.41) is 6.45. The number of fused-ring (bicyclic) bond motifs is 3. The zero-order valence-corrected chi connectivity index (χ0v) is 27.4. The third kappa shape index (κ3) is 5.52. The van der Waals surface area contributed by atoms with Crippen LogP contribution in [0.15, 0.2) is 113 Å². The van der Waals surface area contributed by atoms with Gasteiger partial charge in [-0.15, -0.1) is 35.7 Å². The molecule has 0 bridgehead atoms. The molecule has 7 aromatic rings. The molecule has 0 fully saturated rings. The molecule has 3 aromatic heterocycles. The standard InChI is InChI=1S/C37H23F3N6O.Pt/c1-23-16-17-42-33(18-23)45-31-13-6-5-12-28(31)29-15-14-27(20-32(29)45)47-26-11-7-10-25(19-26)46-36(37(38,39)40)34(24-8-3-2-4-9-24)35(44-46)30-21-41-22-43-30;/h2-18,21-22,30H,1H3;/q-2;+2. The molecule has 0 amide bonds. The third-order valence-electron chi connectivity index (χ3n) is 7.93. The number of pyridine rings is 1. The van der Waals surface area contributed by atoms with E-state index >= 15 is 0 Å².